The van der Waals surface area contributed by atoms with Crippen LogP contribution in [-0.4, -0.2) is 75.2 Å². The van der Waals surface area contributed by atoms with Crippen molar-refractivity contribution >= 4 is 23.5 Å². The van der Waals surface area contributed by atoms with Crippen LogP contribution in [0.5, 0.6) is 23.0 Å². The minimum Gasteiger partial charge on any atom is -0.454 e. The summed E-state index contributed by atoms with van der Waals surface area (Å²) < 4.78 is 26.1. The molecular formula is C43H42N4O8. The first-order valence-electron chi connectivity index (χ1n) is 18.4. The minimum atomic E-state index is -0.903. The highest BCUT2D eigenvalue weighted by atomic mass is 16.7. The summed E-state index contributed by atoms with van der Waals surface area (Å²) in [6.45, 7) is 8.24. The van der Waals surface area contributed by atoms with Gasteiger partial charge in [0.15, 0.2) is 34.6 Å². The van der Waals surface area contributed by atoms with Crippen LogP contribution < -0.4 is 18.9 Å². The highest BCUT2D eigenvalue weighted by molar-refractivity contribution is 6.11. The summed E-state index contributed by atoms with van der Waals surface area (Å²) in [6, 6.07) is 23.3. The molecule has 1 fully saturated rings. The van der Waals surface area contributed by atoms with Gasteiger partial charge in [-0.25, -0.2) is 4.79 Å². The summed E-state index contributed by atoms with van der Waals surface area (Å²) >= 11 is 0. The number of ketones is 2. The Kier molecular flexibility index (Phi) is 9.42. The molecule has 55 heavy (non-hydrogen) atoms. The summed E-state index contributed by atoms with van der Waals surface area (Å²) in [5, 5.41) is 0. The maximum atomic E-state index is 14.1. The molecule has 3 aliphatic rings. The second-order valence-electron chi connectivity index (χ2n) is 14.3. The van der Waals surface area contributed by atoms with E-state index >= 15 is 0 Å². The van der Waals surface area contributed by atoms with E-state index in [4.69, 9.17) is 18.9 Å². The molecule has 5 heterocycles. The lowest BCUT2D eigenvalue weighted by Gasteiger charge is -2.21. The minimum absolute atomic E-state index is 0.182. The summed E-state index contributed by atoms with van der Waals surface area (Å²) in [6.07, 6.45) is 0.821. The van der Waals surface area contributed by atoms with Gasteiger partial charge in [-0.15, -0.1) is 0 Å². The monoisotopic (exact) mass is 742 g/mol. The smallest absolute Gasteiger partial charge is 0.328 e. The van der Waals surface area contributed by atoms with E-state index in [1.807, 2.05) is 110 Å². The molecule has 0 N–H and O–H groups in total. The summed E-state index contributed by atoms with van der Waals surface area (Å²) in [5.41, 5.74) is 7.10. The molecule has 8 rings (SSSR count). The van der Waals surface area contributed by atoms with Gasteiger partial charge in [-0.3, -0.25) is 19.3 Å². The molecular weight excluding hydrogens is 700 g/mol. The van der Waals surface area contributed by atoms with E-state index in [-0.39, 0.29) is 31.7 Å². The zero-order valence-corrected chi connectivity index (χ0v) is 31.3. The second kappa shape index (κ2) is 14.5. The molecule has 1 unspecified atom stereocenters. The molecule has 2 aromatic heterocycles. The molecule has 0 bridgehead atoms. The number of aromatic nitrogens is 2. The average Bonchev–Trinajstić information content (AvgIpc) is 4.00. The van der Waals surface area contributed by atoms with Crippen LogP contribution in [0.4, 0.5) is 4.79 Å². The quantitative estimate of drug-likeness (QED) is 0.100. The number of nitrogens with zero attached hydrogens (tertiary/aromatic N) is 4. The Bertz CT molecular complexity index is 2340. The Morgan fingerprint density at radius 1 is 0.618 bits per heavy atom. The van der Waals surface area contributed by atoms with E-state index in [9.17, 15) is 19.2 Å². The number of Topliss-reactive ketones (excluding diaryl/α,β-unsaturated/α-hetero) is 2. The van der Waals surface area contributed by atoms with Crippen molar-refractivity contribution in [2.75, 3.05) is 26.7 Å². The third-order valence-electron chi connectivity index (χ3n) is 10.9. The first-order chi connectivity index (χ1) is 26.5. The predicted molar refractivity (Wildman–Crippen MR) is 202 cm³/mol. The Morgan fingerprint density at radius 3 is 1.67 bits per heavy atom. The molecule has 3 amide bonds. The van der Waals surface area contributed by atoms with E-state index in [0.29, 0.717) is 60.1 Å². The van der Waals surface area contributed by atoms with Crippen molar-refractivity contribution in [3.05, 3.63) is 129 Å². The van der Waals surface area contributed by atoms with Crippen molar-refractivity contribution in [3.63, 3.8) is 0 Å². The Hall–Kier alpha value is -6.30. The number of carbonyl (C=O) groups is 4. The number of urea groups is 1. The van der Waals surface area contributed by atoms with Gasteiger partial charge >= 0.3 is 6.03 Å². The lowest BCUT2D eigenvalue weighted by Crippen LogP contribution is -2.40. The van der Waals surface area contributed by atoms with Crippen LogP contribution in [0.3, 0.4) is 0 Å². The molecule has 282 valence electrons. The molecule has 0 aliphatic carbocycles. The maximum absolute atomic E-state index is 14.1. The highest BCUT2D eigenvalue weighted by Gasteiger charge is 2.46. The number of carbonyl (C=O) groups excluding carboxylic acids is 4. The van der Waals surface area contributed by atoms with Crippen molar-refractivity contribution in [1.82, 2.24) is 18.9 Å². The number of amides is 3. The fourth-order valence-electron chi connectivity index (χ4n) is 7.81. The van der Waals surface area contributed by atoms with Gasteiger partial charge in [-0.2, -0.15) is 0 Å². The van der Waals surface area contributed by atoms with Crippen LogP contribution >= 0.6 is 0 Å². The SMILES string of the molecule is Cc1cc(C(=O)CN2C(=O)C(CCc3ccccc3)N(CC(=O)c3cc(C)n(Cc4ccc5c(c4)OCO5)c3C)C2=O)c(C)n1Cc1ccc2c(c1)OCO2. The fourth-order valence-corrected chi connectivity index (χ4v) is 7.81. The highest BCUT2D eigenvalue weighted by Crippen LogP contribution is 2.35. The van der Waals surface area contributed by atoms with Crippen LogP contribution in [0.25, 0.3) is 0 Å². The molecule has 3 aromatic carbocycles. The van der Waals surface area contributed by atoms with Gasteiger partial charge in [-0.1, -0.05) is 42.5 Å². The van der Waals surface area contributed by atoms with E-state index < -0.39 is 24.5 Å². The third kappa shape index (κ3) is 6.84. The Morgan fingerprint density at radius 2 is 1.13 bits per heavy atom. The molecule has 0 spiro atoms. The van der Waals surface area contributed by atoms with Gasteiger partial charge in [0.05, 0.1) is 13.1 Å². The number of rotatable bonds is 13. The largest absolute Gasteiger partial charge is 0.454 e. The zero-order chi connectivity index (χ0) is 38.4. The van der Waals surface area contributed by atoms with Crippen LogP contribution in [0.2, 0.25) is 0 Å². The number of imide groups is 1. The Labute approximate surface area is 318 Å². The van der Waals surface area contributed by atoms with Crippen molar-refractivity contribution in [2.45, 2.75) is 59.7 Å². The number of benzene rings is 3. The van der Waals surface area contributed by atoms with E-state index in [0.717, 1.165) is 44.4 Å². The van der Waals surface area contributed by atoms with Gasteiger partial charge in [0.25, 0.3) is 5.91 Å². The predicted octanol–water partition coefficient (Wildman–Crippen LogP) is 6.41. The second-order valence-corrected chi connectivity index (χ2v) is 14.3. The van der Waals surface area contributed by atoms with Crippen LogP contribution in [-0.2, 0) is 24.3 Å². The number of aryl methyl sites for hydroxylation is 3. The Balaban J connectivity index is 1.01. The van der Waals surface area contributed by atoms with Crippen LogP contribution in [0, 0.1) is 27.7 Å². The maximum Gasteiger partial charge on any atom is 0.328 e. The molecule has 5 aromatic rings. The standard InChI is InChI=1S/C43H42N4O8/c1-26-16-33(28(3)44(26)20-31-11-14-38-40(18-31)54-24-52-38)36(48)22-46-35(13-10-30-8-6-5-7-9-30)42(50)47(43(46)51)23-37(49)34-17-27(2)45(29(34)4)21-32-12-15-39-41(19-32)55-25-53-39/h5-9,11-12,14-19,35H,10,13,20-25H2,1-4H3. The van der Waals surface area contributed by atoms with Crippen molar-refractivity contribution in [1.29, 1.82) is 0 Å². The number of ether oxygens (including phenoxy) is 4. The molecule has 3 aliphatic heterocycles. The van der Waals surface area contributed by atoms with E-state index in [2.05, 4.69) is 0 Å². The molecule has 0 radical (unpaired) electrons. The first kappa shape index (κ1) is 35.7. The zero-order valence-electron chi connectivity index (χ0n) is 31.3. The summed E-state index contributed by atoms with van der Waals surface area (Å²) in [5.74, 6) is 1.64. The lowest BCUT2D eigenvalue weighted by atomic mass is 10.0. The van der Waals surface area contributed by atoms with E-state index in [1.54, 1.807) is 6.07 Å². The normalized spacial score (nSPS) is 15.7. The molecule has 1 atom stereocenters. The molecule has 0 saturated carbocycles. The molecule has 12 heteroatoms. The van der Waals surface area contributed by atoms with Gasteiger partial charge in [0.2, 0.25) is 13.6 Å². The fraction of sp³-hybridized carbons (Fsp3) is 0.302. The number of hydrogen-bond donors (Lipinski definition) is 0. The van der Waals surface area contributed by atoms with Gasteiger partial charge < -0.3 is 33.0 Å². The van der Waals surface area contributed by atoms with Crippen LogP contribution in [0.1, 0.15) is 66.6 Å². The topological polar surface area (TPSA) is 122 Å². The van der Waals surface area contributed by atoms with Crippen molar-refractivity contribution in [2.24, 2.45) is 0 Å². The molecule has 12 nitrogen and oxygen atoms in total. The number of hydrogen-bond acceptors (Lipinski definition) is 8. The van der Waals surface area contributed by atoms with Gasteiger partial charge in [-0.05, 0) is 93.6 Å². The summed E-state index contributed by atoms with van der Waals surface area (Å²) in [7, 11) is 0. The van der Waals surface area contributed by atoms with Crippen molar-refractivity contribution < 1.29 is 38.1 Å². The third-order valence-corrected chi connectivity index (χ3v) is 10.9. The van der Waals surface area contributed by atoms with Gasteiger partial charge in [0.1, 0.15) is 6.04 Å². The first-order valence-corrected chi connectivity index (χ1v) is 18.4. The lowest BCUT2D eigenvalue weighted by molar-refractivity contribution is -0.128. The van der Waals surface area contributed by atoms with Crippen molar-refractivity contribution in [3.8, 4) is 23.0 Å². The van der Waals surface area contributed by atoms with Crippen LogP contribution in [0.15, 0.2) is 78.9 Å². The average molecular weight is 743 g/mol. The summed E-state index contributed by atoms with van der Waals surface area (Å²) in [4.78, 5) is 58.5. The van der Waals surface area contributed by atoms with Gasteiger partial charge in [0, 0.05) is 47.0 Å². The van der Waals surface area contributed by atoms with E-state index in [1.165, 1.54) is 4.90 Å². The molecule has 1 saturated heterocycles. The number of fused-ring (bicyclic) bond motifs is 2.